The third-order valence-corrected chi connectivity index (χ3v) is 3.53. The molecular formula is C18H19NO4. The van der Waals surface area contributed by atoms with E-state index in [-0.39, 0.29) is 0 Å². The first-order valence-electron chi connectivity index (χ1n) is 7.31. The molecule has 0 fully saturated rings. The number of Topliss-reactive ketones (excluding diaryl/α,β-unsaturated/α-hetero) is 1. The molecule has 0 spiro atoms. The molecule has 23 heavy (non-hydrogen) atoms. The zero-order chi connectivity index (χ0) is 16.8. The van der Waals surface area contributed by atoms with Gasteiger partial charge in [-0.25, -0.2) is 0 Å². The van der Waals surface area contributed by atoms with Gasteiger partial charge >= 0.3 is 0 Å². The van der Waals surface area contributed by atoms with Gasteiger partial charge < -0.3 is 15.5 Å². The van der Waals surface area contributed by atoms with Gasteiger partial charge in [-0.05, 0) is 30.2 Å². The average Bonchev–Trinajstić information content (AvgIpc) is 2.59. The van der Waals surface area contributed by atoms with Crippen LogP contribution >= 0.6 is 0 Å². The van der Waals surface area contributed by atoms with Crippen molar-refractivity contribution >= 4 is 11.7 Å². The maximum Gasteiger partial charge on any atom is 0.251 e. The van der Waals surface area contributed by atoms with Crippen molar-refractivity contribution in [2.24, 2.45) is 0 Å². The van der Waals surface area contributed by atoms with Crippen LogP contribution in [0.15, 0.2) is 54.6 Å². The van der Waals surface area contributed by atoms with Crippen molar-refractivity contribution in [2.45, 2.75) is 19.1 Å². The van der Waals surface area contributed by atoms with Gasteiger partial charge in [-0.3, -0.25) is 9.59 Å². The van der Waals surface area contributed by atoms with Crippen molar-refractivity contribution in [1.29, 1.82) is 0 Å². The first-order chi connectivity index (χ1) is 11.0. The minimum Gasteiger partial charge on any atom is -0.391 e. The predicted molar refractivity (Wildman–Crippen MR) is 86.9 cm³/mol. The number of hydrogen-bond acceptors (Lipinski definition) is 4. The molecule has 2 rings (SSSR count). The van der Waals surface area contributed by atoms with Crippen LogP contribution in [0.1, 0.15) is 17.3 Å². The lowest BCUT2D eigenvalue weighted by Crippen LogP contribution is -2.48. The van der Waals surface area contributed by atoms with Crippen LogP contribution in [0.5, 0.6) is 0 Å². The summed E-state index contributed by atoms with van der Waals surface area (Å²) < 4.78 is 0. The summed E-state index contributed by atoms with van der Waals surface area (Å²) in [5, 5.41) is 20.9. The molecule has 0 saturated heterocycles. The number of ketones is 1. The monoisotopic (exact) mass is 313 g/mol. The molecule has 5 heteroatoms. The van der Waals surface area contributed by atoms with E-state index in [2.05, 4.69) is 5.32 Å². The molecule has 0 aliphatic rings. The molecule has 5 nitrogen and oxygen atoms in total. The summed E-state index contributed by atoms with van der Waals surface area (Å²) in [6.45, 7) is 0.653. The lowest BCUT2D eigenvalue weighted by molar-refractivity contribution is -0.125. The lowest BCUT2D eigenvalue weighted by Gasteiger charge is -2.19. The maximum atomic E-state index is 12.2. The molecule has 0 bridgehead atoms. The fraction of sp³-hybridized carbons (Fsp3) is 0.222. The van der Waals surface area contributed by atoms with Gasteiger partial charge in [0, 0.05) is 5.56 Å². The summed E-state index contributed by atoms with van der Waals surface area (Å²) in [4.78, 5) is 23.7. The van der Waals surface area contributed by atoms with Crippen molar-refractivity contribution in [3.63, 3.8) is 0 Å². The molecular weight excluding hydrogens is 294 g/mol. The summed E-state index contributed by atoms with van der Waals surface area (Å²) in [7, 11) is 0. The number of hydrogen-bond donors (Lipinski definition) is 3. The highest BCUT2D eigenvalue weighted by Gasteiger charge is 2.25. The molecule has 120 valence electrons. The van der Waals surface area contributed by atoms with Crippen LogP contribution in [0.2, 0.25) is 0 Å². The molecule has 0 aliphatic heterocycles. The molecule has 3 N–H and O–H groups in total. The third kappa shape index (κ3) is 4.25. The van der Waals surface area contributed by atoms with E-state index < -0.39 is 30.4 Å². The number of nitrogens with one attached hydrogen (secondary N) is 1. The highest BCUT2D eigenvalue weighted by atomic mass is 16.3. The van der Waals surface area contributed by atoms with Crippen LogP contribution in [0, 0.1) is 0 Å². The summed E-state index contributed by atoms with van der Waals surface area (Å²) >= 11 is 0. The Morgan fingerprint density at radius 3 is 2.09 bits per heavy atom. The molecule has 2 aromatic carbocycles. The minimum atomic E-state index is -1.12. The fourth-order valence-electron chi connectivity index (χ4n) is 2.24. The Kier molecular flexibility index (Phi) is 5.62. The standard InChI is InChI=1S/C18H19NO4/c1-12(21)17(16(22)11-20)19-18(23)15-9-7-14(8-10-15)13-5-3-2-4-6-13/h2-10,12,17,20-21H,11H2,1H3,(H,19,23)/t12-,17+/m1/s1. The molecule has 0 aliphatic carbocycles. The normalized spacial score (nSPS) is 13.2. The summed E-state index contributed by atoms with van der Waals surface area (Å²) in [6.07, 6.45) is -1.08. The number of aliphatic hydroxyl groups excluding tert-OH is 2. The van der Waals surface area contributed by atoms with E-state index in [1.807, 2.05) is 42.5 Å². The topological polar surface area (TPSA) is 86.6 Å². The number of carbonyl (C=O) groups is 2. The van der Waals surface area contributed by atoms with E-state index in [9.17, 15) is 14.7 Å². The van der Waals surface area contributed by atoms with Crippen LogP contribution in [0.25, 0.3) is 11.1 Å². The SMILES string of the molecule is C[C@@H](O)[C@H](NC(=O)c1ccc(-c2ccccc2)cc1)C(=O)CO. The number of carbonyl (C=O) groups excluding carboxylic acids is 2. The van der Waals surface area contributed by atoms with Crippen LogP contribution in [-0.2, 0) is 4.79 Å². The molecule has 2 atom stereocenters. The smallest absolute Gasteiger partial charge is 0.251 e. The quantitative estimate of drug-likeness (QED) is 0.752. The Bertz CT molecular complexity index is 665. The van der Waals surface area contributed by atoms with Gasteiger partial charge in [-0.2, -0.15) is 0 Å². The largest absolute Gasteiger partial charge is 0.391 e. The Morgan fingerprint density at radius 1 is 1.00 bits per heavy atom. The van der Waals surface area contributed by atoms with Crippen molar-refractivity contribution in [3.05, 3.63) is 60.2 Å². The Balaban J connectivity index is 2.12. The van der Waals surface area contributed by atoms with Crippen molar-refractivity contribution < 1.29 is 19.8 Å². The first-order valence-corrected chi connectivity index (χ1v) is 7.31. The Morgan fingerprint density at radius 2 is 1.57 bits per heavy atom. The zero-order valence-electron chi connectivity index (χ0n) is 12.8. The van der Waals surface area contributed by atoms with E-state index in [1.165, 1.54) is 6.92 Å². The highest BCUT2D eigenvalue weighted by Crippen LogP contribution is 2.19. The molecule has 0 saturated carbocycles. The maximum absolute atomic E-state index is 12.2. The van der Waals surface area contributed by atoms with Crippen molar-refractivity contribution in [1.82, 2.24) is 5.32 Å². The molecule has 0 heterocycles. The van der Waals surface area contributed by atoms with E-state index >= 15 is 0 Å². The molecule has 0 aromatic heterocycles. The third-order valence-electron chi connectivity index (χ3n) is 3.53. The van der Waals surface area contributed by atoms with Crippen molar-refractivity contribution in [2.75, 3.05) is 6.61 Å². The second-order valence-corrected chi connectivity index (χ2v) is 5.26. The van der Waals surface area contributed by atoms with Crippen LogP contribution in [0.3, 0.4) is 0 Å². The lowest BCUT2D eigenvalue weighted by atomic mass is 10.0. The second kappa shape index (κ2) is 7.67. The van der Waals surface area contributed by atoms with Gasteiger partial charge in [0.15, 0.2) is 5.78 Å². The fourth-order valence-corrected chi connectivity index (χ4v) is 2.24. The molecule has 1 amide bonds. The van der Waals surface area contributed by atoms with Gasteiger partial charge in [0.2, 0.25) is 0 Å². The number of benzene rings is 2. The van der Waals surface area contributed by atoms with Crippen LogP contribution in [0.4, 0.5) is 0 Å². The van der Waals surface area contributed by atoms with E-state index in [0.29, 0.717) is 5.56 Å². The highest BCUT2D eigenvalue weighted by molar-refractivity contribution is 5.98. The zero-order valence-corrected chi connectivity index (χ0v) is 12.8. The van der Waals surface area contributed by atoms with Crippen LogP contribution < -0.4 is 5.32 Å². The average molecular weight is 313 g/mol. The van der Waals surface area contributed by atoms with Gasteiger partial charge in [0.05, 0.1) is 6.10 Å². The van der Waals surface area contributed by atoms with Gasteiger partial charge in [0.1, 0.15) is 12.6 Å². The molecule has 2 aromatic rings. The van der Waals surface area contributed by atoms with Gasteiger partial charge in [-0.1, -0.05) is 42.5 Å². The number of rotatable bonds is 6. The Labute approximate surface area is 134 Å². The number of aliphatic hydroxyl groups is 2. The van der Waals surface area contributed by atoms with Crippen LogP contribution in [-0.4, -0.2) is 40.7 Å². The molecule has 0 radical (unpaired) electrons. The van der Waals surface area contributed by atoms with Gasteiger partial charge in [0.25, 0.3) is 5.91 Å². The van der Waals surface area contributed by atoms with E-state index in [1.54, 1.807) is 12.1 Å². The predicted octanol–water partition coefficient (Wildman–Crippen LogP) is 1.39. The summed E-state index contributed by atoms with van der Waals surface area (Å²) in [6, 6.07) is 15.6. The van der Waals surface area contributed by atoms with Gasteiger partial charge in [-0.15, -0.1) is 0 Å². The Hall–Kier alpha value is -2.50. The number of amides is 1. The first kappa shape index (κ1) is 16.9. The molecule has 0 unspecified atom stereocenters. The second-order valence-electron chi connectivity index (χ2n) is 5.26. The summed E-state index contributed by atoms with van der Waals surface area (Å²) in [5.74, 6) is -1.11. The summed E-state index contributed by atoms with van der Waals surface area (Å²) in [5.41, 5.74) is 2.39. The minimum absolute atomic E-state index is 0.376. The van der Waals surface area contributed by atoms with Crippen molar-refractivity contribution in [3.8, 4) is 11.1 Å². The van der Waals surface area contributed by atoms with E-state index in [0.717, 1.165) is 11.1 Å². The van der Waals surface area contributed by atoms with E-state index in [4.69, 9.17) is 5.11 Å².